The van der Waals surface area contributed by atoms with Gasteiger partial charge in [-0.05, 0) is 29.8 Å². The van der Waals surface area contributed by atoms with Crippen molar-refractivity contribution in [2.24, 2.45) is 0 Å². The number of hydrogen-bond donors (Lipinski definition) is 0. The molecular weight excluding hydrogens is 437 g/mol. The highest BCUT2D eigenvalue weighted by Crippen LogP contribution is 2.31. The van der Waals surface area contributed by atoms with Crippen LogP contribution >= 0.6 is 58.8 Å². The Labute approximate surface area is 178 Å². The van der Waals surface area contributed by atoms with Crippen LogP contribution in [0.5, 0.6) is 0 Å². The zero-order valence-corrected chi connectivity index (χ0v) is 17.3. The Bertz CT molecular complexity index is 855. The first-order valence-electron chi connectivity index (χ1n) is 7.49. The van der Waals surface area contributed by atoms with Gasteiger partial charge in [-0.2, -0.15) is 0 Å². The lowest BCUT2D eigenvalue weighted by Crippen LogP contribution is -2.12. The first-order chi connectivity index (χ1) is 12.0. The third-order valence-electron chi connectivity index (χ3n) is 3.70. The monoisotopic (exact) mass is 450 g/mol. The van der Waals surface area contributed by atoms with Crippen molar-refractivity contribution in [2.45, 2.75) is 19.3 Å². The van der Waals surface area contributed by atoms with E-state index in [1.807, 2.05) is 22.9 Å². The number of hydrogen-bond acceptors (Lipinski definition) is 2. The fourth-order valence-corrected chi connectivity index (χ4v) is 3.41. The minimum absolute atomic E-state index is 0. The summed E-state index contributed by atoms with van der Waals surface area (Å²) in [7, 11) is 0. The van der Waals surface area contributed by atoms with E-state index in [9.17, 15) is 0 Å². The van der Waals surface area contributed by atoms with Gasteiger partial charge in [0.25, 0.3) is 0 Å². The van der Waals surface area contributed by atoms with Crippen LogP contribution < -0.4 is 0 Å². The Balaban J connectivity index is 0.00000243. The van der Waals surface area contributed by atoms with E-state index < -0.39 is 0 Å². The predicted molar refractivity (Wildman–Crippen MR) is 110 cm³/mol. The summed E-state index contributed by atoms with van der Waals surface area (Å²) in [5, 5.41) is 2.29. The molecule has 0 amide bonds. The van der Waals surface area contributed by atoms with Crippen LogP contribution in [0, 0.1) is 0 Å². The van der Waals surface area contributed by atoms with Crippen LogP contribution in [0.1, 0.15) is 17.2 Å². The zero-order chi connectivity index (χ0) is 17.8. The van der Waals surface area contributed by atoms with Gasteiger partial charge in [-0.1, -0.05) is 58.5 Å². The standard InChI is InChI=1S/C18H14Cl4N2O.ClH/c19-13-2-1-12(16(21)7-13)10-25-18(9-24-6-5-23-11-24)15-4-3-14(20)8-17(15)22;/h1-8,11,18H,9-10H2;1H. The molecule has 8 heteroatoms. The number of aromatic nitrogens is 2. The van der Waals surface area contributed by atoms with Crippen LogP contribution in [0.15, 0.2) is 55.1 Å². The molecule has 0 fully saturated rings. The van der Waals surface area contributed by atoms with Crippen LogP contribution in [-0.4, -0.2) is 9.55 Å². The number of nitrogens with zero attached hydrogens (tertiary/aromatic N) is 2. The topological polar surface area (TPSA) is 27.1 Å². The average molecular weight is 453 g/mol. The molecule has 1 heterocycles. The highest BCUT2D eigenvalue weighted by atomic mass is 35.5. The fourth-order valence-electron chi connectivity index (χ4n) is 2.42. The van der Waals surface area contributed by atoms with Gasteiger partial charge in [0.15, 0.2) is 0 Å². The summed E-state index contributed by atoms with van der Waals surface area (Å²) in [5.41, 5.74) is 1.71. The lowest BCUT2D eigenvalue weighted by atomic mass is 10.1. The second-order valence-electron chi connectivity index (χ2n) is 5.46. The third-order valence-corrected chi connectivity index (χ3v) is 4.85. The lowest BCUT2D eigenvalue weighted by Gasteiger charge is -2.21. The van der Waals surface area contributed by atoms with Gasteiger partial charge in [0.05, 0.1) is 19.5 Å². The fraction of sp³-hybridized carbons (Fsp3) is 0.167. The van der Waals surface area contributed by atoms with Gasteiger partial charge in [0, 0.05) is 38.0 Å². The highest BCUT2D eigenvalue weighted by Gasteiger charge is 2.17. The van der Waals surface area contributed by atoms with Crippen molar-refractivity contribution in [1.82, 2.24) is 9.55 Å². The summed E-state index contributed by atoms with van der Waals surface area (Å²) in [4.78, 5) is 4.07. The molecule has 0 radical (unpaired) electrons. The molecule has 0 spiro atoms. The molecule has 2 aromatic carbocycles. The van der Waals surface area contributed by atoms with E-state index in [4.69, 9.17) is 51.1 Å². The molecule has 3 aromatic rings. The smallest absolute Gasteiger partial charge is 0.102 e. The number of ether oxygens (including phenoxy) is 1. The van der Waals surface area contributed by atoms with Crippen LogP contribution in [0.4, 0.5) is 0 Å². The summed E-state index contributed by atoms with van der Waals surface area (Å²) in [6, 6.07) is 10.7. The summed E-state index contributed by atoms with van der Waals surface area (Å²) in [5.74, 6) is 0. The van der Waals surface area contributed by atoms with Crippen molar-refractivity contribution in [3.63, 3.8) is 0 Å². The summed E-state index contributed by atoms with van der Waals surface area (Å²) >= 11 is 24.5. The molecule has 0 bridgehead atoms. The number of rotatable bonds is 6. The average Bonchev–Trinajstić information content (AvgIpc) is 3.06. The van der Waals surface area contributed by atoms with E-state index in [1.165, 1.54) is 0 Å². The SMILES string of the molecule is Cl.Clc1ccc(COC(Cn2ccnc2)c2ccc(Cl)cc2Cl)c(Cl)c1. The quantitative estimate of drug-likeness (QED) is 0.408. The van der Waals surface area contributed by atoms with E-state index in [0.717, 1.165) is 11.1 Å². The van der Waals surface area contributed by atoms with Crippen molar-refractivity contribution >= 4 is 58.8 Å². The van der Waals surface area contributed by atoms with E-state index in [0.29, 0.717) is 33.2 Å². The number of halogens is 5. The third kappa shape index (κ3) is 5.53. The molecular formula is C18H15Cl5N2O. The molecule has 3 rings (SSSR count). The Morgan fingerprint density at radius 2 is 1.65 bits per heavy atom. The van der Waals surface area contributed by atoms with Crippen molar-refractivity contribution in [3.8, 4) is 0 Å². The lowest BCUT2D eigenvalue weighted by molar-refractivity contribution is 0.0281. The van der Waals surface area contributed by atoms with E-state index in [1.54, 1.807) is 36.8 Å². The van der Waals surface area contributed by atoms with Crippen LogP contribution in [-0.2, 0) is 17.9 Å². The van der Waals surface area contributed by atoms with Crippen LogP contribution in [0.25, 0.3) is 0 Å². The second kappa shape index (κ2) is 9.84. The first kappa shape index (κ1) is 21.4. The minimum atomic E-state index is -0.286. The van der Waals surface area contributed by atoms with Gasteiger partial charge in [-0.15, -0.1) is 12.4 Å². The van der Waals surface area contributed by atoms with Gasteiger partial charge in [-0.25, -0.2) is 4.98 Å². The molecule has 0 aliphatic carbocycles. The molecule has 3 nitrogen and oxygen atoms in total. The molecule has 0 aliphatic rings. The molecule has 1 aromatic heterocycles. The molecule has 26 heavy (non-hydrogen) atoms. The maximum absolute atomic E-state index is 6.37. The predicted octanol–water partition coefficient (Wildman–Crippen LogP) is 6.88. The van der Waals surface area contributed by atoms with Crippen LogP contribution in [0.2, 0.25) is 20.1 Å². The molecule has 0 aliphatic heterocycles. The minimum Gasteiger partial charge on any atom is -0.367 e. The Hall–Kier alpha value is -0.940. The Kier molecular flexibility index (Phi) is 8.08. The summed E-state index contributed by atoms with van der Waals surface area (Å²) in [6.45, 7) is 0.890. The van der Waals surface area contributed by atoms with Crippen molar-refractivity contribution in [1.29, 1.82) is 0 Å². The van der Waals surface area contributed by atoms with E-state index in [2.05, 4.69) is 4.98 Å². The van der Waals surface area contributed by atoms with E-state index >= 15 is 0 Å². The summed E-state index contributed by atoms with van der Waals surface area (Å²) < 4.78 is 8.05. The molecule has 0 saturated heterocycles. The zero-order valence-electron chi connectivity index (χ0n) is 13.4. The van der Waals surface area contributed by atoms with Crippen molar-refractivity contribution in [2.75, 3.05) is 0 Å². The van der Waals surface area contributed by atoms with Crippen LogP contribution in [0.3, 0.4) is 0 Å². The second-order valence-corrected chi connectivity index (χ2v) is 7.15. The van der Waals surface area contributed by atoms with E-state index in [-0.39, 0.29) is 18.5 Å². The van der Waals surface area contributed by atoms with Gasteiger partial charge in [0.2, 0.25) is 0 Å². The van der Waals surface area contributed by atoms with Crippen molar-refractivity contribution in [3.05, 3.63) is 86.3 Å². The van der Waals surface area contributed by atoms with Gasteiger partial charge >= 0.3 is 0 Å². The molecule has 1 unspecified atom stereocenters. The summed E-state index contributed by atoms with van der Waals surface area (Å²) in [6.07, 6.45) is 5.03. The Morgan fingerprint density at radius 3 is 2.27 bits per heavy atom. The van der Waals surface area contributed by atoms with Gasteiger partial charge in [-0.3, -0.25) is 0 Å². The first-order valence-corrected chi connectivity index (χ1v) is 9.00. The Morgan fingerprint density at radius 1 is 0.962 bits per heavy atom. The molecule has 138 valence electrons. The highest BCUT2D eigenvalue weighted by molar-refractivity contribution is 6.35. The molecule has 0 saturated carbocycles. The number of imidazole rings is 1. The number of benzene rings is 2. The van der Waals surface area contributed by atoms with Crippen molar-refractivity contribution < 1.29 is 4.74 Å². The normalized spacial score (nSPS) is 11.8. The molecule has 0 N–H and O–H groups in total. The maximum Gasteiger partial charge on any atom is 0.102 e. The largest absolute Gasteiger partial charge is 0.367 e. The van der Waals surface area contributed by atoms with Gasteiger partial charge in [0.1, 0.15) is 6.10 Å². The van der Waals surface area contributed by atoms with Gasteiger partial charge < -0.3 is 9.30 Å². The maximum atomic E-state index is 6.37. The molecule has 1 atom stereocenters.